The van der Waals surface area contributed by atoms with Crippen molar-refractivity contribution in [2.24, 2.45) is 5.73 Å². The van der Waals surface area contributed by atoms with Gasteiger partial charge in [0.15, 0.2) is 17.7 Å². The fourth-order valence-corrected chi connectivity index (χ4v) is 4.32. The van der Waals surface area contributed by atoms with Crippen LogP contribution in [0.4, 0.5) is 10.6 Å². The number of aliphatic hydroxyl groups excluding tert-OH is 2. The lowest BCUT2D eigenvalue weighted by atomic mass is 10.1. The second kappa shape index (κ2) is 13.2. The van der Waals surface area contributed by atoms with Crippen LogP contribution in [0.25, 0.3) is 11.2 Å². The van der Waals surface area contributed by atoms with Gasteiger partial charge in [0.2, 0.25) is 0 Å². The Morgan fingerprint density at radius 2 is 2.03 bits per heavy atom. The molecular formula is C20H32N7O10P. The Morgan fingerprint density at radius 1 is 1.26 bits per heavy atom. The number of hydrogen-bond acceptors (Lipinski definition) is 14. The van der Waals surface area contributed by atoms with Crippen LogP contribution in [0, 0.1) is 0 Å². The van der Waals surface area contributed by atoms with Crippen molar-refractivity contribution >= 4 is 36.9 Å². The molecule has 38 heavy (non-hydrogen) atoms. The third-order valence-corrected chi connectivity index (χ3v) is 6.44. The molecule has 1 amide bonds. The van der Waals surface area contributed by atoms with Gasteiger partial charge in [-0.15, -0.1) is 0 Å². The maximum atomic E-state index is 12.3. The molecule has 1 saturated heterocycles. The van der Waals surface area contributed by atoms with Gasteiger partial charge in [-0.1, -0.05) is 6.92 Å². The number of anilines is 1. The number of rotatable bonds is 13. The Labute approximate surface area is 217 Å². The number of nitrogens with two attached hydrogens (primary N) is 2. The van der Waals surface area contributed by atoms with Gasteiger partial charge >= 0.3 is 19.9 Å². The largest absolute Gasteiger partial charge is 0.529 e. The molecule has 3 rings (SSSR count). The highest BCUT2D eigenvalue weighted by Gasteiger charge is 2.45. The number of hydrogen-bond donors (Lipinski definition) is 6. The fourth-order valence-electron chi connectivity index (χ4n) is 3.57. The number of phosphoric acid groups is 1. The lowest BCUT2D eigenvalue weighted by Gasteiger charge is -2.18. The summed E-state index contributed by atoms with van der Waals surface area (Å²) in [6.45, 7) is 1.78. The number of ether oxygens (including phenoxy) is 2. The van der Waals surface area contributed by atoms with Gasteiger partial charge in [0.05, 0.1) is 19.5 Å². The molecule has 1 fully saturated rings. The third-order valence-electron chi connectivity index (χ3n) is 5.56. The average molecular weight is 561 g/mol. The summed E-state index contributed by atoms with van der Waals surface area (Å²) in [6.07, 6.45) is -1.78. The number of nitrogen functional groups attached to an aromatic ring is 1. The van der Waals surface area contributed by atoms with Crippen LogP contribution >= 0.6 is 7.82 Å². The van der Waals surface area contributed by atoms with E-state index >= 15 is 0 Å². The maximum absolute atomic E-state index is 12.3. The molecule has 18 heteroatoms. The minimum atomic E-state index is -4.93. The molecule has 2 aromatic heterocycles. The quantitative estimate of drug-likeness (QED) is 0.131. The maximum Gasteiger partial charge on any atom is 0.529 e. The van der Waals surface area contributed by atoms with Crippen molar-refractivity contribution < 1.29 is 47.8 Å². The minimum absolute atomic E-state index is 0.103. The summed E-state index contributed by atoms with van der Waals surface area (Å²) in [7, 11) is -4.93. The predicted molar refractivity (Wildman–Crippen MR) is 129 cm³/mol. The molecule has 2 aromatic rings. The molecule has 0 radical (unpaired) electrons. The first-order chi connectivity index (χ1) is 18.0. The molecule has 1 unspecified atom stereocenters. The van der Waals surface area contributed by atoms with E-state index in [-0.39, 0.29) is 23.4 Å². The topological polar surface area (TPSA) is 256 Å². The van der Waals surface area contributed by atoms with E-state index in [1.807, 2.05) is 6.92 Å². The van der Waals surface area contributed by atoms with Crippen molar-refractivity contribution in [3.63, 3.8) is 0 Å². The number of phosphoric ester groups is 1. The molecule has 0 spiro atoms. The molecule has 6 atom stereocenters. The third kappa shape index (κ3) is 7.57. The summed E-state index contributed by atoms with van der Waals surface area (Å²) >= 11 is 0. The first kappa shape index (κ1) is 29.6. The van der Waals surface area contributed by atoms with Crippen LogP contribution < -0.4 is 16.8 Å². The Kier molecular flexibility index (Phi) is 10.3. The molecular weight excluding hydrogens is 529 g/mol. The molecule has 212 valence electrons. The number of unbranched alkanes of at least 4 members (excludes halogenated alkanes) is 1. The molecule has 17 nitrogen and oxygen atoms in total. The van der Waals surface area contributed by atoms with E-state index in [0.29, 0.717) is 32.4 Å². The highest BCUT2D eigenvalue weighted by Crippen LogP contribution is 2.45. The van der Waals surface area contributed by atoms with Crippen LogP contribution in [0.2, 0.25) is 0 Å². The minimum Gasteiger partial charge on any atom is -0.450 e. The number of carbonyl (C=O) groups is 2. The highest BCUT2D eigenvalue weighted by atomic mass is 31.2. The standard InChI is InChI=1S/C20H32N7O10P/c1-2-7-34-20(31)23-6-4-3-5-11(21)19(30)37-38(32,33)35-8-12-14(28)15(29)18(36-12)27-10-26-13-16(22)24-9-25-17(13)27/h9-12,14-15,18,28-29H,2-8,21H2,1H3,(H,23,31)(H,32,33)(H2,22,24,25)/t11-,12-,14-,15-,18-/m1/s1. The average Bonchev–Trinajstić information content (AvgIpc) is 3.42. The lowest BCUT2D eigenvalue weighted by Crippen LogP contribution is -2.34. The smallest absolute Gasteiger partial charge is 0.450 e. The zero-order valence-corrected chi connectivity index (χ0v) is 21.5. The van der Waals surface area contributed by atoms with Crippen LogP contribution in [0.5, 0.6) is 0 Å². The molecule has 0 bridgehead atoms. The summed E-state index contributed by atoms with van der Waals surface area (Å²) in [5.74, 6) is -1.06. The van der Waals surface area contributed by atoms with E-state index in [9.17, 15) is 29.3 Å². The molecule has 8 N–H and O–H groups in total. The zero-order chi connectivity index (χ0) is 27.9. The van der Waals surface area contributed by atoms with Crippen LogP contribution in [-0.4, -0.2) is 90.8 Å². The number of fused-ring (bicyclic) bond motifs is 1. The first-order valence-corrected chi connectivity index (χ1v) is 13.3. The molecule has 0 aliphatic carbocycles. The molecule has 1 aliphatic rings. The summed E-state index contributed by atoms with van der Waals surface area (Å²) < 4.78 is 33.4. The Bertz CT molecular complexity index is 1150. The normalized spacial score (nSPS) is 23.6. The van der Waals surface area contributed by atoms with Crippen molar-refractivity contribution in [2.75, 3.05) is 25.5 Å². The van der Waals surface area contributed by atoms with E-state index in [4.69, 9.17) is 25.5 Å². The zero-order valence-electron chi connectivity index (χ0n) is 20.6. The van der Waals surface area contributed by atoms with Crippen molar-refractivity contribution in [1.29, 1.82) is 0 Å². The highest BCUT2D eigenvalue weighted by molar-refractivity contribution is 7.48. The van der Waals surface area contributed by atoms with Crippen molar-refractivity contribution in [3.05, 3.63) is 12.7 Å². The van der Waals surface area contributed by atoms with Gasteiger partial charge in [-0.2, -0.15) is 0 Å². The summed E-state index contributed by atoms with van der Waals surface area (Å²) in [6, 6.07) is -1.21. The summed E-state index contributed by atoms with van der Waals surface area (Å²) in [5.41, 5.74) is 12.0. The van der Waals surface area contributed by atoms with Crippen molar-refractivity contribution in [1.82, 2.24) is 24.8 Å². The van der Waals surface area contributed by atoms with E-state index in [1.54, 1.807) is 0 Å². The number of aromatic nitrogens is 4. The van der Waals surface area contributed by atoms with E-state index in [1.165, 1.54) is 17.2 Å². The number of carbonyl (C=O) groups excluding carboxylic acids is 2. The fraction of sp³-hybridized carbons (Fsp3) is 0.650. The number of nitrogens with one attached hydrogen (secondary N) is 1. The van der Waals surface area contributed by atoms with Gasteiger partial charge in [-0.25, -0.2) is 29.1 Å². The van der Waals surface area contributed by atoms with Gasteiger partial charge in [0.1, 0.15) is 36.2 Å². The van der Waals surface area contributed by atoms with Gasteiger partial charge in [-0.3, -0.25) is 14.0 Å². The lowest BCUT2D eigenvalue weighted by molar-refractivity contribution is -0.138. The molecule has 3 heterocycles. The molecule has 0 saturated carbocycles. The number of aliphatic hydroxyl groups is 2. The first-order valence-electron chi connectivity index (χ1n) is 11.9. The van der Waals surface area contributed by atoms with Crippen LogP contribution in [-0.2, 0) is 27.9 Å². The van der Waals surface area contributed by atoms with Crippen LogP contribution in [0.15, 0.2) is 12.7 Å². The van der Waals surface area contributed by atoms with Crippen molar-refractivity contribution in [2.45, 2.75) is 63.2 Å². The summed E-state index contributed by atoms with van der Waals surface area (Å²) in [5, 5.41) is 23.3. The number of imidazole rings is 1. The van der Waals surface area contributed by atoms with E-state index < -0.39 is 57.1 Å². The second-order valence-electron chi connectivity index (χ2n) is 8.47. The van der Waals surface area contributed by atoms with Crippen molar-refractivity contribution in [3.8, 4) is 0 Å². The molecule has 0 aromatic carbocycles. The number of nitrogens with zero attached hydrogens (tertiary/aromatic N) is 4. The Hall–Kier alpha value is -2.92. The Balaban J connectivity index is 1.44. The van der Waals surface area contributed by atoms with E-state index in [2.05, 4.69) is 24.8 Å². The summed E-state index contributed by atoms with van der Waals surface area (Å²) in [4.78, 5) is 45.3. The second-order valence-corrected chi connectivity index (χ2v) is 9.85. The SMILES string of the molecule is CCCOC(=O)NCCCC[C@@H](N)C(=O)OP(=O)(O)OC[C@H]1O[C@@H](n2cnc3c(N)ncnc32)[C@H](O)[C@@H]1O. The number of amides is 1. The van der Waals surface area contributed by atoms with Gasteiger partial charge in [0.25, 0.3) is 0 Å². The van der Waals surface area contributed by atoms with Gasteiger partial charge in [0, 0.05) is 6.54 Å². The van der Waals surface area contributed by atoms with Gasteiger partial charge in [-0.05, 0) is 25.7 Å². The van der Waals surface area contributed by atoms with Crippen LogP contribution in [0.1, 0.15) is 38.8 Å². The van der Waals surface area contributed by atoms with Crippen LogP contribution in [0.3, 0.4) is 0 Å². The van der Waals surface area contributed by atoms with E-state index in [0.717, 1.165) is 0 Å². The Morgan fingerprint density at radius 3 is 2.76 bits per heavy atom. The number of alkyl carbamates (subject to hydrolysis) is 1. The molecule has 1 aliphatic heterocycles. The monoisotopic (exact) mass is 561 g/mol. The van der Waals surface area contributed by atoms with Gasteiger partial charge < -0.3 is 41.0 Å². The predicted octanol–water partition coefficient (Wildman–Crippen LogP) is -0.678.